The number of carbonyl (C=O) groups is 1. The van der Waals surface area contributed by atoms with Crippen LogP contribution in [0.3, 0.4) is 0 Å². The molecule has 5 heteroatoms. The number of halogens is 2. The number of likely N-dealkylation sites (N-methyl/N-ethyl adjacent to an activating group) is 1. The lowest BCUT2D eigenvalue weighted by Gasteiger charge is -2.21. The summed E-state index contributed by atoms with van der Waals surface area (Å²) in [5, 5.41) is 9.41. The first kappa shape index (κ1) is 15.0. The van der Waals surface area contributed by atoms with Crippen molar-refractivity contribution in [3.8, 4) is 6.07 Å². The number of nitriles is 1. The third kappa shape index (κ3) is 3.99. The molecular weight excluding hydrogens is 271 g/mol. The van der Waals surface area contributed by atoms with E-state index in [0.717, 1.165) is 0 Å². The summed E-state index contributed by atoms with van der Waals surface area (Å²) >= 11 is 11.7. The maximum absolute atomic E-state index is 12.0. The number of ketones is 1. The van der Waals surface area contributed by atoms with E-state index in [0.29, 0.717) is 22.0 Å². The van der Waals surface area contributed by atoms with E-state index in [9.17, 15) is 4.79 Å². The zero-order valence-electron chi connectivity index (χ0n) is 10.3. The molecule has 1 rings (SSSR count). The van der Waals surface area contributed by atoms with Gasteiger partial charge in [0, 0.05) is 11.6 Å². The average molecular weight is 285 g/mol. The van der Waals surface area contributed by atoms with Gasteiger partial charge in [-0.25, -0.2) is 0 Å². The Bertz CT molecular complexity index is 482. The summed E-state index contributed by atoms with van der Waals surface area (Å²) in [7, 11) is 1.82. The molecule has 0 heterocycles. The SMILES string of the molecule is CC(CC#N)N(C)CC(=O)c1ccc(Cl)c(Cl)c1. The molecule has 0 aliphatic rings. The minimum absolute atomic E-state index is 0.0409. The van der Waals surface area contributed by atoms with E-state index < -0.39 is 0 Å². The molecule has 0 N–H and O–H groups in total. The summed E-state index contributed by atoms with van der Waals surface area (Å²) in [6.45, 7) is 2.16. The third-order valence-corrected chi connectivity index (χ3v) is 3.51. The molecule has 3 nitrogen and oxygen atoms in total. The molecule has 0 bridgehead atoms. The molecular formula is C13H14Cl2N2O. The first-order chi connectivity index (χ1) is 8.45. The molecule has 0 spiro atoms. The standard InChI is InChI=1S/C13H14Cl2N2O/c1-9(5-6-16)17(2)8-13(18)10-3-4-11(14)12(15)7-10/h3-4,7,9H,5,8H2,1-2H3. The van der Waals surface area contributed by atoms with Crippen molar-refractivity contribution in [3.05, 3.63) is 33.8 Å². The predicted octanol–water partition coefficient (Wildman–Crippen LogP) is 3.41. The number of rotatable bonds is 5. The minimum atomic E-state index is -0.0409. The average Bonchev–Trinajstić information content (AvgIpc) is 2.32. The molecule has 1 aromatic rings. The summed E-state index contributed by atoms with van der Waals surface area (Å²) in [5.41, 5.74) is 0.528. The Morgan fingerprint density at radius 3 is 2.67 bits per heavy atom. The van der Waals surface area contributed by atoms with Crippen molar-refractivity contribution in [2.45, 2.75) is 19.4 Å². The van der Waals surface area contributed by atoms with Crippen LogP contribution in [-0.2, 0) is 0 Å². The number of nitrogens with zero attached hydrogens (tertiary/aromatic N) is 2. The van der Waals surface area contributed by atoms with Crippen molar-refractivity contribution < 1.29 is 4.79 Å². The number of benzene rings is 1. The van der Waals surface area contributed by atoms with Gasteiger partial charge in [-0.2, -0.15) is 5.26 Å². The lowest BCUT2D eigenvalue weighted by atomic mass is 10.1. The van der Waals surface area contributed by atoms with Crippen LogP contribution < -0.4 is 0 Å². The van der Waals surface area contributed by atoms with Crippen LogP contribution in [0.25, 0.3) is 0 Å². The summed E-state index contributed by atoms with van der Waals surface area (Å²) in [5.74, 6) is -0.0409. The lowest BCUT2D eigenvalue weighted by molar-refractivity contribution is 0.0926. The van der Waals surface area contributed by atoms with E-state index in [-0.39, 0.29) is 18.4 Å². The fourth-order valence-electron chi connectivity index (χ4n) is 1.43. The van der Waals surface area contributed by atoms with Gasteiger partial charge in [0.25, 0.3) is 0 Å². The Balaban J connectivity index is 2.71. The molecule has 0 aliphatic heterocycles. The van der Waals surface area contributed by atoms with E-state index >= 15 is 0 Å². The lowest BCUT2D eigenvalue weighted by Crippen LogP contribution is -2.33. The van der Waals surface area contributed by atoms with Crippen LogP contribution in [0.2, 0.25) is 10.0 Å². The number of carbonyl (C=O) groups excluding carboxylic acids is 1. The first-order valence-electron chi connectivity index (χ1n) is 5.51. The molecule has 0 saturated carbocycles. The van der Waals surface area contributed by atoms with Crippen molar-refractivity contribution in [3.63, 3.8) is 0 Å². The van der Waals surface area contributed by atoms with Gasteiger partial charge in [0.1, 0.15) is 0 Å². The fourth-order valence-corrected chi connectivity index (χ4v) is 1.73. The van der Waals surface area contributed by atoms with Crippen molar-refractivity contribution in [1.29, 1.82) is 5.26 Å². The molecule has 0 fully saturated rings. The van der Waals surface area contributed by atoms with Crippen LogP contribution in [0, 0.1) is 11.3 Å². The van der Waals surface area contributed by atoms with Crippen molar-refractivity contribution in [2.75, 3.05) is 13.6 Å². The Kier molecular flexibility index (Phi) is 5.61. The number of hydrogen-bond acceptors (Lipinski definition) is 3. The van der Waals surface area contributed by atoms with Gasteiger partial charge < -0.3 is 0 Å². The highest BCUT2D eigenvalue weighted by Gasteiger charge is 2.15. The molecule has 0 radical (unpaired) electrons. The topological polar surface area (TPSA) is 44.1 Å². The molecule has 1 atom stereocenters. The van der Waals surface area contributed by atoms with Gasteiger partial charge in [-0.3, -0.25) is 9.69 Å². The Hall–Kier alpha value is -1.08. The first-order valence-corrected chi connectivity index (χ1v) is 6.26. The van der Waals surface area contributed by atoms with Gasteiger partial charge in [-0.05, 0) is 32.2 Å². The Labute approximate surface area is 117 Å². The highest BCUT2D eigenvalue weighted by molar-refractivity contribution is 6.42. The van der Waals surface area contributed by atoms with Crippen molar-refractivity contribution in [2.24, 2.45) is 0 Å². The molecule has 0 saturated heterocycles. The molecule has 1 aromatic carbocycles. The maximum atomic E-state index is 12.0. The largest absolute Gasteiger partial charge is 0.295 e. The normalized spacial score (nSPS) is 12.2. The Morgan fingerprint density at radius 1 is 1.44 bits per heavy atom. The van der Waals surface area contributed by atoms with Crippen LogP contribution in [0.1, 0.15) is 23.7 Å². The van der Waals surface area contributed by atoms with Gasteiger partial charge in [0.2, 0.25) is 0 Å². The van der Waals surface area contributed by atoms with E-state index in [4.69, 9.17) is 28.5 Å². The van der Waals surface area contributed by atoms with Crippen LogP contribution in [0.5, 0.6) is 0 Å². The molecule has 18 heavy (non-hydrogen) atoms. The van der Waals surface area contributed by atoms with E-state index in [1.165, 1.54) is 0 Å². The third-order valence-electron chi connectivity index (χ3n) is 2.77. The van der Waals surface area contributed by atoms with Crippen LogP contribution in [0.15, 0.2) is 18.2 Å². The van der Waals surface area contributed by atoms with Gasteiger partial charge in [0.05, 0.1) is 29.1 Å². The van der Waals surface area contributed by atoms with E-state index in [1.54, 1.807) is 18.2 Å². The summed E-state index contributed by atoms with van der Waals surface area (Å²) in [4.78, 5) is 13.8. The second-order valence-corrected chi connectivity index (χ2v) is 4.99. The molecule has 1 unspecified atom stereocenters. The second-order valence-electron chi connectivity index (χ2n) is 4.18. The minimum Gasteiger partial charge on any atom is -0.295 e. The van der Waals surface area contributed by atoms with Crippen molar-refractivity contribution in [1.82, 2.24) is 4.90 Å². The number of Topliss-reactive ketones (excluding diaryl/α,β-unsaturated/α-hetero) is 1. The summed E-state index contributed by atoms with van der Waals surface area (Å²) in [6, 6.07) is 6.95. The van der Waals surface area contributed by atoms with Gasteiger partial charge in [0.15, 0.2) is 5.78 Å². The quantitative estimate of drug-likeness (QED) is 0.779. The molecule has 0 aliphatic carbocycles. The zero-order valence-corrected chi connectivity index (χ0v) is 11.8. The predicted molar refractivity (Wildman–Crippen MR) is 73.1 cm³/mol. The maximum Gasteiger partial charge on any atom is 0.176 e. The van der Waals surface area contributed by atoms with Crippen LogP contribution in [-0.4, -0.2) is 30.3 Å². The highest BCUT2D eigenvalue weighted by atomic mass is 35.5. The zero-order chi connectivity index (χ0) is 13.7. The van der Waals surface area contributed by atoms with Crippen molar-refractivity contribution >= 4 is 29.0 Å². The van der Waals surface area contributed by atoms with Gasteiger partial charge in [-0.1, -0.05) is 23.2 Å². The Morgan fingerprint density at radius 2 is 2.11 bits per heavy atom. The van der Waals surface area contributed by atoms with E-state index in [2.05, 4.69) is 6.07 Å². The molecule has 0 aromatic heterocycles. The van der Waals surface area contributed by atoms with Crippen LogP contribution in [0.4, 0.5) is 0 Å². The number of hydrogen-bond donors (Lipinski definition) is 0. The summed E-state index contributed by atoms with van der Waals surface area (Å²) in [6.07, 6.45) is 0.394. The highest BCUT2D eigenvalue weighted by Crippen LogP contribution is 2.22. The van der Waals surface area contributed by atoms with Gasteiger partial charge >= 0.3 is 0 Å². The van der Waals surface area contributed by atoms with Gasteiger partial charge in [-0.15, -0.1) is 0 Å². The molecule has 0 amide bonds. The summed E-state index contributed by atoms with van der Waals surface area (Å²) < 4.78 is 0. The fraction of sp³-hybridized carbons (Fsp3) is 0.385. The molecule has 96 valence electrons. The smallest absolute Gasteiger partial charge is 0.176 e. The van der Waals surface area contributed by atoms with E-state index in [1.807, 2.05) is 18.9 Å². The monoisotopic (exact) mass is 284 g/mol. The van der Waals surface area contributed by atoms with Crippen LogP contribution >= 0.6 is 23.2 Å². The second kappa shape index (κ2) is 6.75.